The van der Waals surface area contributed by atoms with Crippen LogP contribution < -0.4 is 0 Å². The molecule has 3 rings (SSSR count). The van der Waals surface area contributed by atoms with Crippen LogP contribution in [0.1, 0.15) is 17.5 Å². The third-order valence-corrected chi connectivity index (χ3v) is 4.97. The van der Waals surface area contributed by atoms with E-state index in [0.29, 0.717) is 6.42 Å². The Morgan fingerprint density at radius 3 is 1.94 bits per heavy atom. The van der Waals surface area contributed by atoms with E-state index in [1.54, 1.807) is 11.8 Å². The molecule has 0 aliphatic heterocycles. The van der Waals surface area contributed by atoms with Crippen molar-refractivity contribution in [1.29, 1.82) is 5.26 Å². The van der Waals surface area contributed by atoms with Crippen molar-refractivity contribution in [2.45, 2.75) is 11.2 Å². The van der Waals surface area contributed by atoms with Crippen LogP contribution in [0, 0.1) is 11.3 Å². The van der Waals surface area contributed by atoms with Gasteiger partial charge in [0.15, 0.2) is 0 Å². The van der Waals surface area contributed by atoms with Gasteiger partial charge in [-0.3, -0.25) is 0 Å². The summed E-state index contributed by atoms with van der Waals surface area (Å²) in [4.78, 5) is 0. The minimum Gasteiger partial charge on any atom is -0.198 e. The van der Waals surface area contributed by atoms with Gasteiger partial charge in [0.25, 0.3) is 0 Å². The largest absolute Gasteiger partial charge is 0.198 e. The number of fused-ring (bicyclic) bond motifs is 3. The Bertz CT molecular complexity index is 594. The molecule has 0 atom stereocenters. The Morgan fingerprint density at radius 1 is 1.00 bits per heavy atom. The molecular weight excluding hydrogens is 238 g/mol. The molecule has 0 unspecified atom stereocenters. The maximum absolute atomic E-state index is 9.21. The summed E-state index contributed by atoms with van der Waals surface area (Å²) in [5.74, 6) is 0. The van der Waals surface area contributed by atoms with Gasteiger partial charge in [0, 0.05) is 0 Å². The first-order valence-corrected chi connectivity index (χ1v) is 7.17. The average Bonchev–Trinajstić information content (AvgIpc) is 2.72. The number of hydrogen-bond acceptors (Lipinski definition) is 2. The lowest BCUT2D eigenvalue weighted by molar-refractivity contribution is 0.789. The molecule has 2 heteroatoms. The maximum atomic E-state index is 9.21. The Morgan fingerprint density at radius 2 is 1.50 bits per heavy atom. The summed E-state index contributed by atoms with van der Waals surface area (Å²) < 4.78 is -0.193. The second-order valence-electron chi connectivity index (χ2n) is 4.46. The topological polar surface area (TPSA) is 23.8 Å². The van der Waals surface area contributed by atoms with Crippen molar-refractivity contribution in [2.75, 3.05) is 6.26 Å². The van der Waals surface area contributed by atoms with Crippen molar-refractivity contribution in [3.05, 3.63) is 59.7 Å². The highest BCUT2D eigenvalue weighted by Gasteiger charge is 2.42. The summed E-state index contributed by atoms with van der Waals surface area (Å²) in [6.07, 6.45) is 2.61. The third-order valence-electron chi connectivity index (χ3n) is 3.69. The number of nitrogens with zero attached hydrogens (tertiary/aromatic N) is 1. The van der Waals surface area contributed by atoms with Crippen molar-refractivity contribution < 1.29 is 0 Å². The summed E-state index contributed by atoms with van der Waals surface area (Å²) in [6, 6.07) is 19.2. The zero-order valence-electron chi connectivity index (χ0n) is 10.2. The van der Waals surface area contributed by atoms with E-state index in [0.717, 1.165) is 0 Å². The van der Waals surface area contributed by atoms with E-state index in [9.17, 15) is 5.26 Å². The normalized spacial score (nSPS) is 14.7. The zero-order valence-corrected chi connectivity index (χ0v) is 11.0. The molecular formula is C16H13NS. The van der Waals surface area contributed by atoms with Crippen LogP contribution in [-0.4, -0.2) is 6.26 Å². The van der Waals surface area contributed by atoms with Gasteiger partial charge in [-0.25, -0.2) is 0 Å². The smallest absolute Gasteiger partial charge is 0.0795 e. The van der Waals surface area contributed by atoms with E-state index in [1.807, 2.05) is 0 Å². The van der Waals surface area contributed by atoms with Crippen LogP contribution in [0.15, 0.2) is 48.5 Å². The summed E-state index contributed by atoms with van der Waals surface area (Å²) >= 11 is 1.77. The van der Waals surface area contributed by atoms with Crippen molar-refractivity contribution in [3.63, 3.8) is 0 Å². The van der Waals surface area contributed by atoms with Crippen LogP contribution in [0.3, 0.4) is 0 Å². The summed E-state index contributed by atoms with van der Waals surface area (Å²) in [6.45, 7) is 0. The highest BCUT2D eigenvalue weighted by atomic mass is 32.2. The van der Waals surface area contributed by atoms with Gasteiger partial charge >= 0.3 is 0 Å². The van der Waals surface area contributed by atoms with Crippen LogP contribution in [0.4, 0.5) is 0 Å². The first-order chi connectivity index (χ1) is 8.83. The molecule has 1 aliphatic carbocycles. The summed E-state index contributed by atoms with van der Waals surface area (Å²) in [5, 5.41) is 9.21. The Labute approximate surface area is 111 Å². The fourth-order valence-corrected chi connectivity index (χ4v) is 3.88. The van der Waals surface area contributed by atoms with E-state index in [4.69, 9.17) is 0 Å². The molecule has 0 N–H and O–H groups in total. The molecule has 0 saturated heterocycles. The predicted molar refractivity (Wildman–Crippen MR) is 76.4 cm³/mol. The molecule has 1 aliphatic rings. The number of nitriles is 1. The fraction of sp³-hybridized carbons (Fsp3) is 0.188. The third kappa shape index (κ3) is 1.34. The molecule has 18 heavy (non-hydrogen) atoms. The second-order valence-corrected chi connectivity index (χ2v) is 5.56. The average molecular weight is 251 g/mol. The summed E-state index contributed by atoms with van der Waals surface area (Å²) in [5.41, 5.74) is 5.11. The Kier molecular flexibility index (Phi) is 2.65. The lowest BCUT2D eigenvalue weighted by Gasteiger charge is -2.27. The fourth-order valence-electron chi connectivity index (χ4n) is 2.88. The van der Waals surface area contributed by atoms with Gasteiger partial charge in [-0.2, -0.15) is 5.26 Å². The van der Waals surface area contributed by atoms with Gasteiger partial charge in [-0.15, -0.1) is 11.8 Å². The van der Waals surface area contributed by atoms with Gasteiger partial charge in [0.1, 0.15) is 0 Å². The van der Waals surface area contributed by atoms with Gasteiger partial charge in [-0.1, -0.05) is 48.5 Å². The van der Waals surface area contributed by atoms with E-state index < -0.39 is 0 Å². The molecule has 88 valence electrons. The van der Waals surface area contributed by atoms with E-state index in [-0.39, 0.29) is 4.75 Å². The second kappa shape index (κ2) is 4.19. The molecule has 0 saturated carbocycles. The molecule has 1 nitrogen and oxygen atoms in total. The van der Waals surface area contributed by atoms with E-state index in [2.05, 4.69) is 60.9 Å². The summed E-state index contributed by atoms with van der Waals surface area (Å²) in [7, 11) is 0. The minimum atomic E-state index is -0.193. The van der Waals surface area contributed by atoms with Crippen molar-refractivity contribution in [1.82, 2.24) is 0 Å². The molecule has 0 heterocycles. The number of thioether (sulfide) groups is 1. The highest BCUT2D eigenvalue weighted by Crippen LogP contribution is 2.55. The monoisotopic (exact) mass is 251 g/mol. The molecule has 0 aromatic heterocycles. The first kappa shape index (κ1) is 11.4. The molecule has 0 amide bonds. The van der Waals surface area contributed by atoms with Gasteiger partial charge in [0.05, 0.1) is 17.2 Å². The number of benzene rings is 2. The highest BCUT2D eigenvalue weighted by molar-refractivity contribution is 7.99. The van der Waals surface area contributed by atoms with Crippen molar-refractivity contribution in [3.8, 4) is 17.2 Å². The van der Waals surface area contributed by atoms with Gasteiger partial charge in [0.2, 0.25) is 0 Å². The lowest BCUT2D eigenvalue weighted by atomic mass is 9.93. The molecule has 2 aromatic carbocycles. The maximum Gasteiger partial charge on any atom is 0.0795 e. The first-order valence-electron chi connectivity index (χ1n) is 5.95. The van der Waals surface area contributed by atoms with Crippen LogP contribution in [-0.2, 0) is 4.75 Å². The lowest BCUT2D eigenvalue weighted by Crippen LogP contribution is -2.19. The quantitative estimate of drug-likeness (QED) is 0.799. The van der Waals surface area contributed by atoms with Crippen molar-refractivity contribution in [2.24, 2.45) is 0 Å². The molecule has 0 radical (unpaired) electrons. The van der Waals surface area contributed by atoms with Crippen LogP contribution in [0.25, 0.3) is 11.1 Å². The Hall–Kier alpha value is -1.72. The zero-order chi connectivity index (χ0) is 12.6. The van der Waals surface area contributed by atoms with Gasteiger partial charge in [-0.05, 0) is 28.5 Å². The van der Waals surface area contributed by atoms with E-state index >= 15 is 0 Å². The van der Waals surface area contributed by atoms with Crippen LogP contribution in [0.5, 0.6) is 0 Å². The standard InChI is InChI=1S/C16H13NS/c1-18-16(10-11-17)14-8-4-2-6-12(14)13-7-3-5-9-15(13)16/h2-9H,10H2,1H3. The molecule has 2 aromatic rings. The minimum absolute atomic E-state index is 0.193. The van der Waals surface area contributed by atoms with Gasteiger partial charge < -0.3 is 0 Å². The van der Waals surface area contributed by atoms with Crippen LogP contribution >= 0.6 is 11.8 Å². The van der Waals surface area contributed by atoms with Crippen LogP contribution in [0.2, 0.25) is 0 Å². The number of rotatable bonds is 2. The SMILES string of the molecule is CSC1(CC#N)c2ccccc2-c2ccccc21. The molecule has 0 bridgehead atoms. The van der Waals surface area contributed by atoms with E-state index in [1.165, 1.54) is 22.3 Å². The predicted octanol–water partition coefficient (Wildman–Crippen LogP) is 4.19. The number of hydrogen-bond donors (Lipinski definition) is 0. The van der Waals surface area contributed by atoms with Crippen molar-refractivity contribution >= 4 is 11.8 Å². The molecule has 0 fully saturated rings. The Balaban J connectivity index is 2.36. The molecule has 0 spiro atoms.